The molecule has 0 unspecified atom stereocenters. The maximum Gasteiger partial charge on any atom is 0.233 e. The van der Waals surface area contributed by atoms with Crippen LogP contribution in [0.1, 0.15) is 19.3 Å². The molecule has 3 rings (SSSR count). The van der Waals surface area contributed by atoms with Crippen molar-refractivity contribution in [3.8, 4) is 0 Å². The lowest BCUT2D eigenvalue weighted by Crippen LogP contribution is -2.42. The minimum Gasteiger partial charge on any atom is -0.317 e. The second-order valence-corrected chi connectivity index (χ2v) is 5.22. The minimum atomic E-state index is -0.286. The lowest BCUT2D eigenvalue weighted by atomic mass is 9.78. The smallest absolute Gasteiger partial charge is 0.233 e. The quantitative estimate of drug-likeness (QED) is 0.859. The van der Waals surface area contributed by atoms with E-state index in [-0.39, 0.29) is 29.5 Å². The molecule has 2 saturated heterocycles. The van der Waals surface area contributed by atoms with Gasteiger partial charge in [-0.2, -0.15) is 0 Å². The number of piperidine rings is 1. The highest BCUT2D eigenvalue weighted by molar-refractivity contribution is 5.99. The van der Waals surface area contributed by atoms with Crippen LogP contribution in [0.4, 0.5) is 10.1 Å². The molecule has 0 atom stereocenters. The van der Waals surface area contributed by atoms with E-state index < -0.39 is 0 Å². The van der Waals surface area contributed by atoms with Crippen LogP contribution in [0.3, 0.4) is 0 Å². The lowest BCUT2D eigenvalue weighted by Gasteiger charge is -2.32. The SMILES string of the molecule is Cl.O=C1N(c2cccc(F)c2)CCC12CCNCC2. The fourth-order valence-corrected chi connectivity index (χ4v) is 3.08. The van der Waals surface area contributed by atoms with Gasteiger partial charge in [0.25, 0.3) is 0 Å². The van der Waals surface area contributed by atoms with Crippen molar-refractivity contribution < 1.29 is 9.18 Å². The van der Waals surface area contributed by atoms with E-state index in [0.29, 0.717) is 12.2 Å². The molecule has 2 aliphatic rings. The second kappa shape index (κ2) is 5.47. The normalized spacial score (nSPS) is 21.5. The van der Waals surface area contributed by atoms with Gasteiger partial charge in [-0.25, -0.2) is 4.39 Å². The molecule has 1 amide bonds. The van der Waals surface area contributed by atoms with Gasteiger partial charge in [0.1, 0.15) is 5.82 Å². The third-order valence-electron chi connectivity index (χ3n) is 4.19. The summed E-state index contributed by atoms with van der Waals surface area (Å²) in [5, 5.41) is 3.29. The summed E-state index contributed by atoms with van der Waals surface area (Å²) >= 11 is 0. The molecule has 0 aliphatic carbocycles. The summed E-state index contributed by atoms with van der Waals surface area (Å²) in [4.78, 5) is 14.3. The zero-order valence-corrected chi connectivity index (χ0v) is 11.5. The van der Waals surface area contributed by atoms with Gasteiger partial charge < -0.3 is 10.2 Å². The molecule has 0 radical (unpaired) electrons. The van der Waals surface area contributed by atoms with Crippen LogP contribution in [0.15, 0.2) is 24.3 Å². The molecule has 0 saturated carbocycles. The maximum absolute atomic E-state index is 13.2. The molecular weight excluding hydrogens is 267 g/mol. The highest BCUT2D eigenvalue weighted by Crippen LogP contribution is 2.41. The summed E-state index contributed by atoms with van der Waals surface area (Å²) < 4.78 is 13.2. The van der Waals surface area contributed by atoms with Crippen LogP contribution in [-0.2, 0) is 4.79 Å². The Labute approximate surface area is 118 Å². The van der Waals surface area contributed by atoms with Gasteiger partial charge in [0, 0.05) is 12.2 Å². The number of hydrogen-bond acceptors (Lipinski definition) is 2. The largest absolute Gasteiger partial charge is 0.317 e. The second-order valence-electron chi connectivity index (χ2n) is 5.22. The van der Waals surface area contributed by atoms with Crippen LogP contribution in [-0.4, -0.2) is 25.5 Å². The van der Waals surface area contributed by atoms with E-state index in [2.05, 4.69) is 5.32 Å². The van der Waals surface area contributed by atoms with E-state index in [9.17, 15) is 9.18 Å². The van der Waals surface area contributed by atoms with Gasteiger partial charge in [0.2, 0.25) is 5.91 Å². The average molecular weight is 285 g/mol. The van der Waals surface area contributed by atoms with Crippen molar-refractivity contribution >= 4 is 24.0 Å². The average Bonchev–Trinajstić information content (AvgIpc) is 2.68. The van der Waals surface area contributed by atoms with Crippen molar-refractivity contribution in [2.24, 2.45) is 5.41 Å². The first-order valence-electron chi connectivity index (χ1n) is 6.50. The maximum atomic E-state index is 13.2. The van der Waals surface area contributed by atoms with E-state index in [0.717, 1.165) is 32.4 Å². The molecule has 2 fully saturated rings. The summed E-state index contributed by atoms with van der Waals surface area (Å²) in [5.41, 5.74) is 0.493. The number of benzene rings is 1. The molecule has 1 aromatic rings. The first kappa shape index (κ1) is 14.3. The minimum absolute atomic E-state index is 0. The van der Waals surface area contributed by atoms with Crippen molar-refractivity contribution in [3.63, 3.8) is 0 Å². The number of amides is 1. The molecule has 19 heavy (non-hydrogen) atoms. The van der Waals surface area contributed by atoms with Gasteiger partial charge in [-0.1, -0.05) is 6.07 Å². The van der Waals surface area contributed by atoms with Crippen LogP contribution in [0.2, 0.25) is 0 Å². The summed E-state index contributed by atoms with van der Waals surface area (Å²) in [6.45, 7) is 2.52. The standard InChI is InChI=1S/C14H17FN2O.ClH/c15-11-2-1-3-12(10-11)17-9-6-14(13(17)18)4-7-16-8-5-14;/h1-3,10,16H,4-9H2;1H. The third-order valence-corrected chi connectivity index (χ3v) is 4.19. The Morgan fingerprint density at radius 2 is 1.95 bits per heavy atom. The Balaban J connectivity index is 0.00000133. The predicted molar refractivity (Wildman–Crippen MR) is 75.2 cm³/mol. The summed E-state index contributed by atoms with van der Waals surface area (Å²) in [6, 6.07) is 6.31. The van der Waals surface area contributed by atoms with Crippen LogP contribution >= 0.6 is 12.4 Å². The van der Waals surface area contributed by atoms with Gasteiger partial charge in [0.15, 0.2) is 0 Å². The number of halogens is 2. The van der Waals surface area contributed by atoms with Gasteiger partial charge in [0.05, 0.1) is 5.41 Å². The summed E-state index contributed by atoms with van der Waals surface area (Å²) in [7, 11) is 0. The number of rotatable bonds is 1. The Morgan fingerprint density at radius 1 is 1.21 bits per heavy atom. The van der Waals surface area contributed by atoms with Crippen LogP contribution in [0.25, 0.3) is 0 Å². The predicted octanol–water partition coefficient (Wildman–Crippen LogP) is 2.35. The van der Waals surface area contributed by atoms with Crippen molar-refractivity contribution in [1.82, 2.24) is 5.32 Å². The first-order chi connectivity index (χ1) is 8.71. The molecule has 0 aromatic heterocycles. The molecule has 1 aromatic carbocycles. The van der Waals surface area contributed by atoms with Crippen molar-refractivity contribution in [2.45, 2.75) is 19.3 Å². The zero-order chi connectivity index (χ0) is 12.6. The number of anilines is 1. The fourth-order valence-electron chi connectivity index (χ4n) is 3.08. The molecule has 2 heterocycles. The molecule has 0 bridgehead atoms. The number of nitrogens with one attached hydrogen (secondary N) is 1. The highest BCUT2D eigenvalue weighted by atomic mass is 35.5. The van der Waals surface area contributed by atoms with E-state index in [1.54, 1.807) is 17.0 Å². The molecule has 1 spiro atoms. The molecule has 104 valence electrons. The van der Waals surface area contributed by atoms with Crippen molar-refractivity contribution in [2.75, 3.05) is 24.5 Å². The fraction of sp³-hybridized carbons (Fsp3) is 0.500. The van der Waals surface area contributed by atoms with Crippen LogP contribution in [0, 0.1) is 11.2 Å². The number of nitrogens with zero attached hydrogens (tertiary/aromatic N) is 1. The van der Waals surface area contributed by atoms with Crippen molar-refractivity contribution in [3.05, 3.63) is 30.1 Å². The van der Waals surface area contributed by atoms with E-state index in [1.165, 1.54) is 12.1 Å². The Hall–Kier alpha value is -1.13. The lowest BCUT2D eigenvalue weighted by molar-refractivity contribution is -0.126. The molecule has 3 nitrogen and oxygen atoms in total. The summed E-state index contributed by atoms with van der Waals surface area (Å²) in [6.07, 6.45) is 2.69. The van der Waals surface area contributed by atoms with Gasteiger partial charge in [-0.05, 0) is 50.6 Å². The Morgan fingerprint density at radius 3 is 2.63 bits per heavy atom. The van der Waals surface area contributed by atoms with Gasteiger partial charge in [-0.15, -0.1) is 12.4 Å². The zero-order valence-electron chi connectivity index (χ0n) is 10.7. The third kappa shape index (κ3) is 2.47. The number of hydrogen-bond donors (Lipinski definition) is 1. The number of carbonyl (C=O) groups excluding carboxylic acids is 1. The summed E-state index contributed by atoms with van der Waals surface area (Å²) in [5.74, 6) is -0.110. The highest BCUT2D eigenvalue weighted by Gasteiger charge is 2.47. The molecule has 2 aliphatic heterocycles. The van der Waals surface area contributed by atoms with Crippen LogP contribution < -0.4 is 10.2 Å². The van der Waals surface area contributed by atoms with E-state index in [1.807, 2.05) is 0 Å². The molecule has 5 heteroatoms. The van der Waals surface area contributed by atoms with E-state index >= 15 is 0 Å². The van der Waals surface area contributed by atoms with Gasteiger partial charge >= 0.3 is 0 Å². The monoisotopic (exact) mass is 284 g/mol. The first-order valence-corrected chi connectivity index (χ1v) is 6.50. The Kier molecular flexibility index (Phi) is 4.11. The van der Waals surface area contributed by atoms with Crippen LogP contribution in [0.5, 0.6) is 0 Å². The van der Waals surface area contributed by atoms with Gasteiger partial charge in [-0.3, -0.25) is 4.79 Å². The van der Waals surface area contributed by atoms with E-state index in [4.69, 9.17) is 0 Å². The topological polar surface area (TPSA) is 32.3 Å². The molecular formula is C14H18ClFN2O. The molecule has 1 N–H and O–H groups in total. The van der Waals surface area contributed by atoms with Crippen molar-refractivity contribution in [1.29, 1.82) is 0 Å². The number of carbonyl (C=O) groups is 1. The Bertz CT molecular complexity index is 474.